The number of halogens is 2. The van der Waals surface area contributed by atoms with Gasteiger partial charge in [-0.15, -0.1) is 0 Å². The molecular weight excluding hydrogens is 205 g/mol. The summed E-state index contributed by atoms with van der Waals surface area (Å²) in [5.74, 6) is -0.782. The maximum absolute atomic E-state index is 10.9. The van der Waals surface area contributed by atoms with Crippen molar-refractivity contribution < 1.29 is 9.59 Å². The van der Waals surface area contributed by atoms with E-state index in [1.807, 2.05) is 5.32 Å². The fourth-order valence-corrected chi connectivity index (χ4v) is 0.824. The van der Waals surface area contributed by atoms with Crippen LogP contribution >= 0.6 is 23.2 Å². The number of carbonyl (C=O) groups is 2. The van der Waals surface area contributed by atoms with Crippen molar-refractivity contribution in [2.24, 2.45) is 0 Å². The van der Waals surface area contributed by atoms with E-state index in [0.29, 0.717) is 0 Å². The SMILES string of the molecule is O=CNC(=O)c1nc(Cl)c(Cl)[nH]1. The molecule has 2 amide bonds. The van der Waals surface area contributed by atoms with Crippen molar-refractivity contribution in [2.75, 3.05) is 0 Å². The molecule has 1 heterocycles. The number of H-pyrrole nitrogens is 1. The average Bonchev–Trinajstić information content (AvgIpc) is 2.33. The number of amides is 2. The summed E-state index contributed by atoms with van der Waals surface area (Å²) >= 11 is 10.9. The molecule has 64 valence electrons. The lowest BCUT2D eigenvalue weighted by atomic mass is 10.6. The molecule has 0 aliphatic carbocycles. The second-order valence-electron chi connectivity index (χ2n) is 1.78. The molecule has 0 bridgehead atoms. The molecule has 0 unspecified atom stereocenters. The molecule has 0 spiro atoms. The summed E-state index contributed by atoms with van der Waals surface area (Å²) in [7, 11) is 0. The quantitative estimate of drug-likeness (QED) is 0.698. The van der Waals surface area contributed by atoms with E-state index in [1.54, 1.807) is 0 Å². The molecule has 5 nitrogen and oxygen atoms in total. The number of hydrogen-bond donors (Lipinski definition) is 2. The minimum absolute atomic E-state index is 0.00674. The van der Waals surface area contributed by atoms with Gasteiger partial charge >= 0.3 is 0 Å². The van der Waals surface area contributed by atoms with Crippen LogP contribution in [0.25, 0.3) is 0 Å². The molecule has 1 rings (SSSR count). The largest absolute Gasteiger partial charge is 0.324 e. The van der Waals surface area contributed by atoms with E-state index in [-0.39, 0.29) is 22.5 Å². The number of aromatic nitrogens is 2. The van der Waals surface area contributed by atoms with E-state index >= 15 is 0 Å². The maximum Gasteiger partial charge on any atom is 0.293 e. The molecule has 0 aliphatic rings. The minimum Gasteiger partial charge on any atom is -0.324 e. The zero-order valence-corrected chi connectivity index (χ0v) is 7.11. The zero-order chi connectivity index (χ0) is 9.14. The highest BCUT2D eigenvalue weighted by molar-refractivity contribution is 6.40. The van der Waals surface area contributed by atoms with E-state index < -0.39 is 5.91 Å². The van der Waals surface area contributed by atoms with Gasteiger partial charge in [0, 0.05) is 0 Å². The third-order valence-electron chi connectivity index (χ3n) is 1.02. The Balaban J connectivity index is 2.88. The molecule has 0 fully saturated rings. The highest BCUT2D eigenvalue weighted by atomic mass is 35.5. The number of nitrogens with zero attached hydrogens (tertiary/aromatic N) is 1. The van der Waals surface area contributed by atoms with Gasteiger partial charge in [0.25, 0.3) is 5.91 Å². The molecule has 0 aromatic carbocycles. The summed E-state index contributed by atoms with van der Waals surface area (Å²) in [5.41, 5.74) is 0. The van der Waals surface area contributed by atoms with Gasteiger partial charge in [-0.25, -0.2) is 4.98 Å². The van der Waals surface area contributed by atoms with E-state index in [1.165, 1.54) is 0 Å². The van der Waals surface area contributed by atoms with E-state index in [9.17, 15) is 9.59 Å². The lowest BCUT2D eigenvalue weighted by Gasteiger charge is -1.89. The molecule has 0 aliphatic heterocycles. The molecule has 12 heavy (non-hydrogen) atoms. The van der Waals surface area contributed by atoms with Gasteiger partial charge in [0.15, 0.2) is 11.0 Å². The van der Waals surface area contributed by atoms with Crippen molar-refractivity contribution in [3.8, 4) is 0 Å². The van der Waals surface area contributed by atoms with Crippen LogP contribution in [0.2, 0.25) is 10.3 Å². The topological polar surface area (TPSA) is 74.8 Å². The van der Waals surface area contributed by atoms with Crippen molar-refractivity contribution in [3.63, 3.8) is 0 Å². The number of rotatable bonds is 2. The lowest BCUT2D eigenvalue weighted by molar-refractivity contribution is -0.108. The molecule has 1 aromatic heterocycles. The Hall–Kier alpha value is -1.07. The Kier molecular flexibility index (Phi) is 2.67. The van der Waals surface area contributed by atoms with Gasteiger partial charge < -0.3 is 4.98 Å². The summed E-state index contributed by atoms with van der Waals surface area (Å²) in [6, 6.07) is 0. The summed E-state index contributed by atoms with van der Waals surface area (Å²) in [6.07, 6.45) is 0.243. The summed E-state index contributed by atoms with van der Waals surface area (Å²) < 4.78 is 0. The van der Waals surface area contributed by atoms with Gasteiger partial charge in [0.05, 0.1) is 0 Å². The fraction of sp³-hybridized carbons (Fsp3) is 0. The summed E-state index contributed by atoms with van der Waals surface area (Å²) in [4.78, 5) is 26.6. The van der Waals surface area contributed by atoms with Crippen LogP contribution < -0.4 is 5.32 Å². The monoisotopic (exact) mass is 207 g/mol. The van der Waals surface area contributed by atoms with Crippen LogP contribution in [-0.4, -0.2) is 22.3 Å². The van der Waals surface area contributed by atoms with Crippen molar-refractivity contribution >= 4 is 35.5 Å². The lowest BCUT2D eigenvalue weighted by Crippen LogP contribution is -2.22. The van der Waals surface area contributed by atoms with Gasteiger partial charge in [-0.1, -0.05) is 23.2 Å². The van der Waals surface area contributed by atoms with Crippen molar-refractivity contribution in [1.82, 2.24) is 15.3 Å². The van der Waals surface area contributed by atoms with Crippen LogP contribution in [0.15, 0.2) is 0 Å². The van der Waals surface area contributed by atoms with Crippen LogP contribution in [0.4, 0.5) is 0 Å². The van der Waals surface area contributed by atoms with Crippen LogP contribution in [0.3, 0.4) is 0 Å². The normalized spacial score (nSPS) is 9.50. The minimum atomic E-state index is -0.682. The summed E-state index contributed by atoms with van der Waals surface area (Å²) in [6.45, 7) is 0. The van der Waals surface area contributed by atoms with Gasteiger partial charge in [-0.2, -0.15) is 0 Å². The van der Waals surface area contributed by atoms with Crippen LogP contribution in [0, 0.1) is 0 Å². The van der Waals surface area contributed by atoms with Gasteiger partial charge in [-0.05, 0) is 0 Å². The van der Waals surface area contributed by atoms with E-state index in [0.717, 1.165) is 0 Å². The average molecular weight is 208 g/mol. The van der Waals surface area contributed by atoms with Crippen molar-refractivity contribution in [1.29, 1.82) is 0 Å². The highest BCUT2D eigenvalue weighted by Gasteiger charge is 2.12. The van der Waals surface area contributed by atoms with Crippen LogP contribution in [-0.2, 0) is 4.79 Å². The Labute approximate surface area is 77.1 Å². The maximum atomic E-state index is 10.9. The number of carbonyl (C=O) groups excluding carboxylic acids is 2. The molecule has 7 heteroatoms. The van der Waals surface area contributed by atoms with Crippen molar-refractivity contribution in [3.05, 3.63) is 16.1 Å². The molecule has 2 N–H and O–H groups in total. The highest BCUT2D eigenvalue weighted by Crippen LogP contribution is 2.17. The second-order valence-corrected chi connectivity index (χ2v) is 2.52. The summed E-state index contributed by atoms with van der Waals surface area (Å²) in [5, 5.41) is 1.93. The second kappa shape index (κ2) is 3.55. The molecule has 0 saturated heterocycles. The first kappa shape index (κ1) is 9.02. The predicted octanol–water partition coefficient (Wildman–Crippen LogP) is 0.603. The zero-order valence-electron chi connectivity index (χ0n) is 5.60. The first-order valence-corrected chi connectivity index (χ1v) is 3.56. The van der Waals surface area contributed by atoms with Crippen LogP contribution in [0.1, 0.15) is 10.6 Å². The smallest absolute Gasteiger partial charge is 0.293 e. The fourth-order valence-electron chi connectivity index (χ4n) is 0.560. The number of imidazole rings is 1. The predicted molar refractivity (Wildman–Crippen MR) is 42.1 cm³/mol. The Morgan fingerprint density at radius 2 is 2.25 bits per heavy atom. The molecule has 0 atom stereocenters. The Morgan fingerprint density at radius 3 is 2.67 bits per heavy atom. The van der Waals surface area contributed by atoms with Gasteiger partial charge in [0.1, 0.15) is 5.15 Å². The Bertz CT molecular complexity index is 303. The van der Waals surface area contributed by atoms with Gasteiger partial charge in [-0.3, -0.25) is 14.9 Å². The molecule has 0 saturated carbocycles. The van der Waals surface area contributed by atoms with Gasteiger partial charge in [0.2, 0.25) is 6.41 Å². The first-order valence-electron chi connectivity index (χ1n) is 2.80. The first-order chi connectivity index (χ1) is 5.65. The van der Waals surface area contributed by atoms with E-state index in [2.05, 4.69) is 9.97 Å². The molecular formula is C5H3Cl2N3O2. The van der Waals surface area contributed by atoms with Crippen molar-refractivity contribution in [2.45, 2.75) is 0 Å². The third kappa shape index (κ3) is 1.75. The Morgan fingerprint density at radius 1 is 1.58 bits per heavy atom. The third-order valence-corrected chi connectivity index (χ3v) is 1.67. The molecule has 0 radical (unpaired) electrons. The number of imide groups is 1. The molecule has 1 aromatic rings. The van der Waals surface area contributed by atoms with E-state index in [4.69, 9.17) is 23.2 Å². The standard InChI is InChI=1S/C5H3Cl2N3O2/c6-2-3(7)10-4(9-2)5(12)8-1-11/h1H,(H,9,10)(H,8,11,12). The number of aromatic amines is 1. The number of nitrogens with one attached hydrogen (secondary N) is 2. The number of hydrogen-bond acceptors (Lipinski definition) is 3. The van der Waals surface area contributed by atoms with Crippen LogP contribution in [0.5, 0.6) is 0 Å².